The van der Waals surface area contributed by atoms with Crippen LogP contribution in [0.4, 0.5) is 0 Å². The molecule has 0 atom stereocenters. The molecular formula is C10H13NO3. The van der Waals surface area contributed by atoms with E-state index in [2.05, 4.69) is 17.9 Å². The Bertz CT molecular complexity index is 283. The highest BCUT2D eigenvalue weighted by molar-refractivity contribution is 5.89. The zero-order chi connectivity index (χ0) is 10.6. The zero-order valence-electron chi connectivity index (χ0n) is 7.99. The van der Waals surface area contributed by atoms with Crippen molar-refractivity contribution in [2.75, 3.05) is 13.1 Å². The number of ether oxygens (including phenoxy) is 1. The average Bonchev–Trinajstić information content (AvgIpc) is 2.52. The number of rotatable bonds is 4. The Morgan fingerprint density at radius 1 is 1.64 bits per heavy atom. The van der Waals surface area contributed by atoms with Crippen LogP contribution in [0.1, 0.15) is 12.8 Å². The minimum Gasteiger partial charge on any atom is -0.432 e. The number of carbonyl (C=O) groups is 2. The van der Waals surface area contributed by atoms with Crippen LogP contribution in [-0.4, -0.2) is 29.9 Å². The number of carbonyl (C=O) groups excluding carboxylic acids is 2. The van der Waals surface area contributed by atoms with Crippen molar-refractivity contribution in [3.63, 3.8) is 0 Å². The third kappa shape index (κ3) is 2.45. The van der Waals surface area contributed by atoms with Crippen molar-refractivity contribution in [3.05, 3.63) is 25.0 Å². The molecule has 0 saturated carbocycles. The molecule has 4 heteroatoms. The molecule has 0 radical (unpaired) electrons. The molecule has 0 aromatic carbocycles. The lowest BCUT2D eigenvalue weighted by Crippen LogP contribution is -2.28. The molecule has 0 aromatic heterocycles. The first-order valence-corrected chi connectivity index (χ1v) is 4.42. The standard InChI is InChI=1S/C10H13NO3/c1-3-14-10(13)8(2)7-11-6-4-5-9(11)12/h3H,1-2,4-7H2. The molecule has 1 amide bonds. The maximum atomic E-state index is 11.2. The van der Waals surface area contributed by atoms with Crippen molar-refractivity contribution in [1.29, 1.82) is 0 Å². The number of likely N-dealkylation sites (tertiary alicyclic amines) is 1. The van der Waals surface area contributed by atoms with Crippen molar-refractivity contribution < 1.29 is 14.3 Å². The SMILES string of the molecule is C=COC(=O)C(=C)CN1CCCC1=O. The molecule has 1 rings (SSSR count). The van der Waals surface area contributed by atoms with Gasteiger partial charge >= 0.3 is 5.97 Å². The van der Waals surface area contributed by atoms with Crippen molar-refractivity contribution in [1.82, 2.24) is 4.90 Å². The lowest BCUT2D eigenvalue weighted by molar-refractivity contribution is -0.134. The molecule has 1 saturated heterocycles. The van der Waals surface area contributed by atoms with Crippen molar-refractivity contribution in [2.45, 2.75) is 12.8 Å². The molecule has 1 aliphatic rings. The van der Waals surface area contributed by atoms with Gasteiger partial charge in [0, 0.05) is 18.5 Å². The van der Waals surface area contributed by atoms with Crippen LogP contribution in [0.3, 0.4) is 0 Å². The quantitative estimate of drug-likeness (QED) is 0.379. The molecule has 76 valence electrons. The van der Waals surface area contributed by atoms with Crippen molar-refractivity contribution >= 4 is 11.9 Å². The normalized spacial score (nSPS) is 15.4. The van der Waals surface area contributed by atoms with Gasteiger partial charge in [-0.2, -0.15) is 0 Å². The van der Waals surface area contributed by atoms with E-state index in [4.69, 9.17) is 0 Å². The summed E-state index contributed by atoms with van der Waals surface area (Å²) in [4.78, 5) is 23.9. The molecule has 0 aliphatic carbocycles. The third-order valence-electron chi connectivity index (χ3n) is 2.03. The summed E-state index contributed by atoms with van der Waals surface area (Å²) in [6.07, 6.45) is 2.46. The van der Waals surface area contributed by atoms with Gasteiger partial charge in [-0.1, -0.05) is 13.2 Å². The molecule has 14 heavy (non-hydrogen) atoms. The molecular weight excluding hydrogens is 182 g/mol. The molecule has 0 bridgehead atoms. The first-order valence-electron chi connectivity index (χ1n) is 4.42. The van der Waals surface area contributed by atoms with Crippen molar-refractivity contribution in [2.24, 2.45) is 0 Å². The third-order valence-corrected chi connectivity index (χ3v) is 2.03. The van der Waals surface area contributed by atoms with Crippen LogP contribution >= 0.6 is 0 Å². The van der Waals surface area contributed by atoms with Crippen LogP contribution in [0.15, 0.2) is 25.0 Å². The predicted molar refractivity (Wildman–Crippen MR) is 51.2 cm³/mol. The molecule has 0 unspecified atom stereocenters. The first-order chi connectivity index (χ1) is 6.65. The van der Waals surface area contributed by atoms with Gasteiger partial charge in [-0.05, 0) is 6.42 Å². The summed E-state index contributed by atoms with van der Waals surface area (Å²) < 4.78 is 4.54. The Labute approximate surface area is 82.8 Å². The highest BCUT2D eigenvalue weighted by atomic mass is 16.5. The van der Waals surface area contributed by atoms with E-state index in [1.807, 2.05) is 0 Å². The van der Waals surface area contributed by atoms with E-state index in [-0.39, 0.29) is 18.0 Å². The predicted octanol–water partition coefficient (Wildman–Crippen LogP) is 0.852. The Balaban J connectivity index is 2.43. The van der Waals surface area contributed by atoms with Gasteiger partial charge in [0.15, 0.2) is 0 Å². The number of hydrogen-bond donors (Lipinski definition) is 0. The monoisotopic (exact) mass is 195 g/mol. The minimum atomic E-state index is -0.528. The zero-order valence-corrected chi connectivity index (χ0v) is 7.99. The molecule has 1 fully saturated rings. The van der Waals surface area contributed by atoms with Crippen LogP contribution in [-0.2, 0) is 14.3 Å². The Kier molecular flexibility index (Phi) is 3.45. The lowest BCUT2D eigenvalue weighted by Gasteiger charge is -2.15. The maximum Gasteiger partial charge on any atom is 0.340 e. The van der Waals surface area contributed by atoms with Gasteiger partial charge in [0.1, 0.15) is 0 Å². The number of nitrogens with zero attached hydrogens (tertiary/aromatic N) is 1. The topological polar surface area (TPSA) is 46.6 Å². The van der Waals surface area contributed by atoms with Crippen LogP contribution in [0.2, 0.25) is 0 Å². The Hall–Kier alpha value is -1.58. The molecule has 1 aliphatic heterocycles. The Morgan fingerprint density at radius 3 is 2.86 bits per heavy atom. The molecule has 0 spiro atoms. The van der Waals surface area contributed by atoms with Gasteiger partial charge in [0.05, 0.1) is 12.8 Å². The van der Waals surface area contributed by atoms with Crippen LogP contribution in [0.25, 0.3) is 0 Å². The summed E-state index contributed by atoms with van der Waals surface area (Å²) in [5, 5.41) is 0. The fourth-order valence-corrected chi connectivity index (χ4v) is 1.33. The highest BCUT2D eigenvalue weighted by Crippen LogP contribution is 2.11. The summed E-state index contributed by atoms with van der Waals surface area (Å²) in [5.41, 5.74) is 0.278. The van der Waals surface area contributed by atoms with Crippen LogP contribution < -0.4 is 0 Å². The van der Waals surface area contributed by atoms with E-state index in [0.717, 1.165) is 12.7 Å². The molecule has 0 aromatic rings. The van der Waals surface area contributed by atoms with E-state index in [0.29, 0.717) is 13.0 Å². The van der Waals surface area contributed by atoms with Crippen molar-refractivity contribution in [3.8, 4) is 0 Å². The van der Waals surface area contributed by atoms with Crippen LogP contribution in [0, 0.1) is 0 Å². The smallest absolute Gasteiger partial charge is 0.340 e. The fourth-order valence-electron chi connectivity index (χ4n) is 1.33. The van der Waals surface area contributed by atoms with Gasteiger partial charge in [0.2, 0.25) is 5.91 Å². The van der Waals surface area contributed by atoms with Gasteiger partial charge in [-0.3, -0.25) is 4.79 Å². The summed E-state index contributed by atoms with van der Waals surface area (Å²) in [6, 6.07) is 0. The second-order valence-corrected chi connectivity index (χ2v) is 3.09. The summed E-state index contributed by atoms with van der Waals surface area (Å²) >= 11 is 0. The first kappa shape index (κ1) is 10.5. The van der Waals surface area contributed by atoms with E-state index < -0.39 is 5.97 Å². The summed E-state index contributed by atoms with van der Waals surface area (Å²) in [5.74, 6) is -0.461. The van der Waals surface area contributed by atoms with E-state index in [9.17, 15) is 9.59 Å². The summed E-state index contributed by atoms with van der Waals surface area (Å²) in [6.45, 7) is 7.77. The average molecular weight is 195 g/mol. The highest BCUT2D eigenvalue weighted by Gasteiger charge is 2.22. The second-order valence-electron chi connectivity index (χ2n) is 3.09. The maximum absolute atomic E-state index is 11.2. The van der Waals surface area contributed by atoms with Gasteiger partial charge in [0.25, 0.3) is 0 Å². The molecule has 4 nitrogen and oxygen atoms in total. The van der Waals surface area contributed by atoms with Gasteiger partial charge in [-0.15, -0.1) is 0 Å². The molecule has 1 heterocycles. The van der Waals surface area contributed by atoms with Gasteiger partial charge < -0.3 is 9.64 Å². The number of hydrogen-bond acceptors (Lipinski definition) is 3. The number of esters is 1. The fraction of sp³-hybridized carbons (Fsp3) is 0.400. The minimum absolute atomic E-state index is 0.0672. The number of amides is 1. The summed E-state index contributed by atoms with van der Waals surface area (Å²) in [7, 11) is 0. The Morgan fingerprint density at radius 2 is 2.36 bits per heavy atom. The van der Waals surface area contributed by atoms with Crippen LogP contribution in [0.5, 0.6) is 0 Å². The van der Waals surface area contributed by atoms with E-state index in [1.54, 1.807) is 4.90 Å². The largest absolute Gasteiger partial charge is 0.432 e. The molecule has 0 N–H and O–H groups in total. The van der Waals surface area contributed by atoms with E-state index in [1.165, 1.54) is 0 Å². The second kappa shape index (κ2) is 4.60. The van der Waals surface area contributed by atoms with E-state index >= 15 is 0 Å². The lowest BCUT2D eigenvalue weighted by atomic mass is 10.3. The van der Waals surface area contributed by atoms with Gasteiger partial charge in [-0.25, -0.2) is 4.79 Å².